The van der Waals surface area contributed by atoms with Crippen molar-refractivity contribution in [2.75, 3.05) is 0 Å². The molecular weight excluding hydrogens is 224 g/mol. The SMILES string of the molecule is CC1CCCC(NC(=O)CC2(N)CCCCC2)C1. The molecule has 2 rings (SSSR count). The van der Waals surface area contributed by atoms with E-state index in [0.717, 1.165) is 31.6 Å². The van der Waals surface area contributed by atoms with E-state index in [1.165, 1.54) is 32.1 Å². The van der Waals surface area contributed by atoms with Crippen LogP contribution in [0.3, 0.4) is 0 Å². The molecule has 0 radical (unpaired) electrons. The summed E-state index contributed by atoms with van der Waals surface area (Å²) in [6.45, 7) is 2.28. The smallest absolute Gasteiger partial charge is 0.222 e. The molecule has 18 heavy (non-hydrogen) atoms. The molecule has 0 heterocycles. The summed E-state index contributed by atoms with van der Waals surface area (Å²) in [6.07, 6.45) is 11.1. The molecule has 2 aliphatic carbocycles. The summed E-state index contributed by atoms with van der Waals surface area (Å²) in [4.78, 5) is 12.1. The second-order valence-corrected chi connectivity index (χ2v) is 6.64. The molecule has 0 bridgehead atoms. The van der Waals surface area contributed by atoms with E-state index in [1.807, 2.05) is 0 Å². The van der Waals surface area contributed by atoms with E-state index in [9.17, 15) is 4.79 Å². The highest BCUT2D eigenvalue weighted by molar-refractivity contribution is 5.77. The van der Waals surface area contributed by atoms with Gasteiger partial charge in [-0.15, -0.1) is 0 Å². The number of amides is 1. The summed E-state index contributed by atoms with van der Waals surface area (Å²) in [5.74, 6) is 0.934. The van der Waals surface area contributed by atoms with E-state index in [-0.39, 0.29) is 11.4 Å². The van der Waals surface area contributed by atoms with Crippen LogP contribution in [0.2, 0.25) is 0 Å². The summed E-state index contributed by atoms with van der Waals surface area (Å²) in [7, 11) is 0. The van der Waals surface area contributed by atoms with Gasteiger partial charge in [0.1, 0.15) is 0 Å². The van der Waals surface area contributed by atoms with Crippen molar-refractivity contribution in [3.63, 3.8) is 0 Å². The van der Waals surface area contributed by atoms with Gasteiger partial charge in [-0.25, -0.2) is 0 Å². The highest BCUT2D eigenvalue weighted by Crippen LogP contribution is 2.29. The third-order valence-corrected chi connectivity index (χ3v) is 4.66. The predicted molar refractivity (Wildman–Crippen MR) is 74.2 cm³/mol. The zero-order chi connectivity index (χ0) is 13.0. The maximum Gasteiger partial charge on any atom is 0.222 e. The van der Waals surface area contributed by atoms with Crippen molar-refractivity contribution in [3.8, 4) is 0 Å². The lowest BCUT2D eigenvalue weighted by molar-refractivity contribution is -0.123. The maximum absolute atomic E-state index is 12.1. The Morgan fingerprint density at radius 2 is 1.94 bits per heavy atom. The number of rotatable bonds is 3. The fourth-order valence-corrected chi connectivity index (χ4v) is 3.60. The molecule has 0 aromatic heterocycles. The first-order valence-corrected chi connectivity index (χ1v) is 7.66. The van der Waals surface area contributed by atoms with Crippen molar-refractivity contribution in [2.24, 2.45) is 11.7 Å². The van der Waals surface area contributed by atoms with Gasteiger partial charge in [0, 0.05) is 18.0 Å². The van der Waals surface area contributed by atoms with Gasteiger partial charge in [-0.2, -0.15) is 0 Å². The van der Waals surface area contributed by atoms with Crippen LogP contribution >= 0.6 is 0 Å². The van der Waals surface area contributed by atoms with E-state index in [0.29, 0.717) is 12.5 Å². The molecule has 2 saturated carbocycles. The van der Waals surface area contributed by atoms with Crippen LogP contribution in [0.25, 0.3) is 0 Å². The largest absolute Gasteiger partial charge is 0.353 e. The molecule has 0 spiro atoms. The van der Waals surface area contributed by atoms with Crippen molar-refractivity contribution < 1.29 is 4.79 Å². The van der Waals surface area contributed by atoms with Gasteiger partial charge < -0.3 is 11.1 Å². The Labute approximate surface area is 111 Å². The van der Waals surface area contributed by atoms with Crippen molar-refractivity contribution in [2.45, 2.75) is 82.7 Å². The van der Waals surface area contributed by atoms with Crippen LogP contribution in [0.15, 0.2) is 0 Å². The second kappa shape index (κ2) is 6.05. The Hall–Kier alpha value is -0.570. The summed E-state index contributed by atoms with van der Waals surface area (Å²) in [5, 5.41) is 3.20. The third-order valence-electron chi connectivity index (χ3n) is 4.66. The van der Waals surface area contributed by atoms with Gasteiger partial charge in [0.2, 0.25) is 5.91 Å². The minimum Gasteiger partial charge on any atom is -0.353 e. The Morgan fingerprint density at radius 1 is 1.22 bits per heavy atom. The third kappa shape index (κ3) is 3.98. The van der Waals surface area contributed by atoms with Crippen molar-refractivity contribution >= 4 is 5.91 Å². The van der Waals surface area contributed by atoms with Gasteiger partial charge in [-0.3, -0.25) is 4.79 Å². The number of carbonyl (C=O) groups is 1. The fourth-order valence-electron chi connectivity index (χ4n) is 3.60. The average Bonchev–Trinajstić information content (AvgIpc) is 2.28. The van der Waals surface area contributed by atoms with Crippen molar-refractivity contribution in [1.29, 1.82) is 0 Å². The van der Waals surface area contributed by atoms with Crippen molar-refractivity contribution in [1.82, 2.24) is 5.32 Å². The molecule has 2 atom stereocenters. The number of nitrogens with one attached hydrogen (secondary N) is 1. The molecule has 1 amide bonds. The molecule has 2 fully saturated rings. The summed E-state index contributed by atoms with van der Waals surface area (Å²) in [6, 6.07) is 0.397. The molecule has 104 valence electrons. The zero-order valence-electron chi connectivity index (χ0n) is 11.7. The minimum absolute atomic E-state index is 0.179. The average molecular weight is 252 g/mol. The van der Waals surface area contributed by atoms with Gasteiger partial charge in [0.25, 0.3) is 0 Å². The highest BCUT2D eigenvalue weighted by atomic mass is 16.1. The number of carbonyl (C=O) groups excluding carboxylic acids is 1. The molecule has 3 nitrogen and oxygen atoms in total. The first kappa shape index (κ1) is 13.9. The number of hydrogen-bond donors (Lipinski definition) is 2. The Morgan fingerprint density at radius 3 is 2.61 bits per heavy atom. The molecule has 2 unspecified atom stereocenters. The molecule has 3 heteroatoms. The van der Waals surface area contributed by atoms with E-state index in [4.69, 9.17) is 5.73 Å². The van der Waals surface area contributed by atoms with E-state index >= 15 is 0 Å². The maximum atomic E-state index is 12.1. The first-order chi connectivity index (χ1) is 8.57. The van der Waals surface area contributed by atoms with Crippen LogP contribution in [0.4, 0.5) is 0 Å². The Kier molecular flexibility index (Phi) is 4.66. The number of hydrogen-bond acceptors (Lipinski definition) is 2. The van der Waals surface area contributed by atoms with Crippen LogP contribution in [-0.4, -0.2) is 17.5 Å². The summed E-state index contributed by atoms with van der Waals surface area (Å²) < 4.78 is 0. The zero-order valence-corrected chi connectivity index (χ0v) is 11.7. The molecule has 0 aromatic carbocycles. The second-order valence-electron chi connectivity index (χ2n) is 6.64. The lowest BCUT2D eigenvalue weighted by Crippen LogP contribution is -2.48. The van der Waals surface area contributed by atoms with Crippen LogP contribution in [-0.2, 0) is 4.79 Å². The lowest BCUT2D eigenvalue weighted by Gasteiger charge is -2.34. The van der Waals surface area contributed by atoms with Gasteiger partial charge in [0.15, 0.2) is 0 Å². The van der Waals surface area contributed by atoms with Crippen LogP contribution in [0.5, 0.6) is 0 Å². The minimum atomic E-state index is -0.220. The van der Waals surface area contributed by atoms with Crippen molar-refractivity contribution in [3.05, 3.63) is 0 Å². The van der Waals surface area contributed by atoms with Gasteiger partial charge >= 0.3 is 0 Å². The van der Waals surface area contributed by atoms with E-state index in [2.05, 4.69) is 12.2 Å². The standard InChI is InChI=1S/C15H28N2O/c1-12-6-5-7-13(10-12)17-14(18)11-15(16)8-3-2-4-9-15/h12-13H,2-11,16H2,1H3,(H,17,18). The predicted octanol–water partition coefficient (Wildman–Crippen LogP) is 2.73. The Balaban J connectivity index is 1.77. The normalized spacial score (nSPS) is 31.9. The fraction of sp³-hybridized carbons (Fsp3) is 0.933. The van der Waals surface area contributed by atoms with Crippen LogP contribution in [0.1, 0.15) is 71.1 Å². The quantitative estimate of drug-likeness (QED) is 0.811. The summed E-state index contributed by atoms with van der Waals surface area (Å²) in [5.41, 5.74) is 6.11. The molecule has 0 aliphatic heterocycles. The lowest BCUT2D eigenvalue weighted by atomic mass is 9.80. The van der Waals surface area contributed by atoms with Crippen LogP contribution in [0, 0.1) is 5.92 Å². The van der Waals surface area contributed by atoms with Crippen LogP contribution < -0.4 is 11.1 Å². The highest BCUT2D eigenvalue weighted by Gasteiger charge is 2.31. The molecular formula is C15H28N2O. The summed E-state index contributed by atoms with van der Waals surface area (Å²) >= 11 is 0. The van der Waals surface area contributed by atoms with Gasteiger partial charge in [0.05, 0.1) is 0 Å². The van der Waals surface area contributed by atoms with E-state index in [1.54, 1.807) is 0 Å². The first-order valence-electron chi connectivity index (χ1n) is 7.66. The van der Waals surface area contributed by atoms with Gasteiger partial charge in [-0.1, -0.05) is 39.0 Å². The molecule has 2 aliphatic rings. The van der Waals surface area contributed by atoms with E-state index < -0.39 is 0 Å². The molecule has 3 N–H and O–H groups in total. The van der Waals surface area contributed by atoms with Gasteiger partial charge in [-0.05, 0) is 31.6 Å². The topological polar surface area (TPSA) is 55.1 Å². The molecule has 0 aromatic rings. The number of nitrogens with two attached hydrogens (primary N) is 1. The monoisotopic (exact) mass is 252 g/mol. The Bertz CT molecular complexity index is 284. The molecule has 0 saturated heterocycles.